The number of amides is 1. The van der Waals surface area contributed by atoms with Gasteiger partial charge in [-0.1, -0.05) is 35.8 Å². The molecule has 0 saturated heterocycles. The first-order chi connectivity index (χ1) is 13.4. The fourth-order valence-electron chi connectivity index (χ4n) is 3.56. The number of hydrogen-bond acceptors (Lipinski definition) is 3. The Morgan fingerprint density at radius 2 is 2.04 bits per heavy atom. The predicted molar refractivity (Wildman–Crippen MR) is 104 cm³/mol. The van der Waals surface area contributed by atoms with E-state index >= 15 is 0 Å². The van der Waals surface area contributed by atoms with Gasteiger partial charge in [-0.15, -0.1) is 0 Å². The number of pyridine rings is 1. The number of halogens is 3. The molecule has 1 N–H and O–H groups in total. The molecule has 8 heteroatoms. The molecule has 0 bridgehead atoms. The number of aromatic amines is 1. The van der Waals surface area contributed by atoms with E-state index in [1.54, 1.807) is 6.07 Å². The first-order valence-electron chi connectivity index (χ1n) is 8.84. The zero-order valence-corrected chi connectivity index (χ0v) is 16.8. The number of rotatable bonds is 4. The number of nitrogens with zero attached hydrogens (tertiary/aromatic N) is 3. The molecule has 0 spiro atoms. The number of nitrogens with one attached hydrogen (secondary N) is 1. The zero-order chi connectivity index (χ0) is 20.0. The highest BCUT2D eigenvalue weighted by molar-refractivity contribution is 9.10. The van der Waals surface area contributed by atoms with Crippen LogP contribution in [0.15, 0.2) is 41.0 Å². The first kappa shape index (κ1) is 18.7. The van der Waals surface area contributed by atoms with Crippen LogP contribution in [0.25, 0.3) is 0 Å². The van der Waals surface area contributed by atoms with Crippen molar-refractivity contribution in [2.45, 2.75) is 26.3 Å². The summed E-state index contributed by atoms with van der Waals surface area (Å²) >= 11 is 3.42. The van der Waals surface area contributed by atoms with Crippen LogP contribution in [0.3, 0.4) is 0 Å². The van der Waals surface area contributed by atoms with Crippen LogP contribution in [0.5, 0.6) is 0 Å². The van der Waals surface area contributed by atoms with E-state index in [1.165, 1.54) is 35.4 Å². The van der Waals surface area contributed by atoms with E-state index in [9.17, 15) is 13.6 Å². The van der Waals surface area contributed by atoms with E-state index in [2.05, 4.69) is 45.0 Å². The molecule has 0 fully saturated rings. The van der Waals surface area contributed by atoms with E-state index in [4.69, 9.17) is 0 Å². The zero-order valence-electron chi connectivity index (χ0n) is 15.2. The topological polar surface area (TPSA) is 61.9 Å². The van der Waals surface area contributed by atoms with Gasteiger partial charge in [0.05, 0.1) is 17.9 Å². The van der Waals surface area contributed by atoms with Crippen molar-refractivity contribution in [3.05, 3.63) is 75.3 Å². The van der Waals surface area contributed by atoms with Gasteiger partial charge in [0.1, 0.15) is 5.82 Å². The fraction of sp³-hybridized carbons (Fsp3) is 0.250. The molecule has 4 rings (SSSR count). The summed E-state index contributed by atoms with van der Waals surface area (Å²) in [5, 5.41) is 7.23. The highest BCUT2D eigenvalue weighted by Crippen LogP contribution is 2.44. The Balaban J connectivity index is 1.92. The van der Waals surface area contributed by atoms with Crippen molar-refractivity contribution >= 4 is 27.5 Å². The van der Waals surface area contributed by atoms with E-state index in [1.807, 2.05) is 0 Å². The molecule has 2 aromatic heterocycles. The fourth-order valence-corrected chi connectivity index (χ4v) is 4.13. The van der Waals surface area contributed by atoms with Crippen LogP contribution in [0, 0.1) is 17.7 Å². The number of H-pyrrole nitrogens is 1. The predicted octanol–water partition coefficient (Wildman–Crippen LogP) is 4.79. The molecule has 28 heavy (non-hydrogen) atoms. The second-order valence-corrected chi connectivity index (χ2v) is 8.00. The number of carbonyl (C=O) groups is 1. The molecule has 5 nitrogen and oxygen atoms in total. The Bertz CT molecular complexity index is 1050. The Kier molecular flexibility index (Phi) is 4.74. The number of aromatic nitrogens is 3. The minimum atomic E-state index is -0.631. The van der Waals surface area contributed by atoms with Gasteiger partial charge in [0.2, 0.25) is 5.95 Å². The largest absolute Gasteiger partial charge is 0.294 e. The second-order valence-electron chi connectivity index (χ2n) is 7.15. The molecule has 1 atom stereocenters. The standard InChI is InChI=1S/C20H17BrF2N4O/c1-10(2)7-15-17-18(26-25-15)20(28)27(12-4-6-16(23)24-9-12)19(17)13-5-3-11(22)8-14(13)21/h3-6,8-10,19H,7H2,1-2H3,(H,25,26). The maximum atomic E-state index is 13.7. The molecule has 0 aliphatic carbocycles. The molecule has 1 aromatic carbocycles. The highest BCUT2D eigenvalue weighted by atomic mass is 79.9. The summed E-state index contributed by atoms with van der Waals surface area (Å²) in [6, 6.07) is 6.53. The minimum absolute atomic E-state index is 0.309. The molecule has 0 saturated carbocycles. The van der Waals surface area contributed by atoms with Crippen molar-refractivity contribution in [3.8, 4) is 0 Å². The molecule has 1 aliphatic rings. The van der Waals surface area contributed by atoms with Crippen molar-refractivity contribution < 1.29 is 13.6 Å². The average molecular weight is 447 g/mol. The van der Waals surface area contributed by atoms with Gasteiger partial charge < -0.3 is 0 Å². The summed E-state index contributed by atoms with van der Waals surface area (Å²) in [6.45, 7) is 4.16. The van der Waals surface area contributed by atoms with E-state index < -0.39 is 12.0 Å². The van der Waals surface area contributed by atoms with Gasteiger partial charge in [0, 0.05) is 15.7 Å². The van der Waals surface area contributed by atoms with Gasteiger partial charge in [-0.25, -0.2) is 9.37 Å². The average Bonchev–Trinajstić information content (AvgIpc) is 3.15. The van der Waals surface area contributed by atoms with E-state index in [0.29, 0.717) is 33.8 Å². The normalized spacial score (nSPS) is 16.1. The van der Waals surface area contributed by atoms with Gasteiger partial charge in [-0.05, 0) is 42.2 Å². The molecule has 3 heterocycles. The highest BCUT2D eigenvalue weighted by Gasteiger charge is 2.43. The number of benzene rings is 1. The van der Waals surface area contributed by atoms with Crippen LogP contribution in [-0.2, 0) is 6.42 Å². The summed E-state index contributed by atoms with van der Waals surface area (Å²) in [4.78, 5) is 18.4. The van der Waals surface area contributed by atoms with Crippen molar-refractivity contribution in [3.63, 3.8) is 0 Å². The monoisotopic (exact) mass is 446 g/mol. The number of fused-ring (bicyclic) bond motifs is 1. The Morgan fingerprint density at radius 3 is 2.68 bits per heavy atom. The minimum Gasteiger partial charge on any atom is -0.294 e. The molecule has 1 aliphatic heterocycles. The SMILES string of the molecule is CC(C)Cc1[nH]nc2c1C(c1ccc(F)cc1Br)N(c1ccc(F)nc1)C2=O. The Morgan fingerprint density at radius 1 is 1.25 bits per heavy atom. The van der Waals surface area contributed by atoms with Crippen molar-refractivity contribution in [1.82, 2.24) is 15.2 Å². The molecule has 1 unspecified atom stereocenters. The number of anilines is 1. The Hall–Kier alpha value is -2.61. The molecule has 0 radical (unpaired) electrons. The van der Waals surface area contributed by atoms with Crippen LogP contribution in [0.1, 0.15) is 47.2 Å². The summed E-state index contributed by atoms with van der Waals surface area (Å²) in [5.41, 5.74) is 3.10. The summed E-state index contributed by atoms with van der Waals surface area (Å²) in [5.74, 6) is -0.979. The Labute approximate surface area is 168 Å². The maximum Gasteiger partial charge on any atom is 0.280 e. The third-order valence-electron chi connectivity index (χ3n) is 4.70. The van der Waals surface area contributed by atoms with Crippen LogP contribution in [0.2, 0.25) is 0 Å². The number of hydrogen-bond donors (Lipinski definition) is 1. The third-order valence-corrected chi connectivity index (χ3v) is 5.38. The molecular formula is C20H17BrF2N4O. The smallest absolute Gasteiger partial charge is 0.280 e. The van der Waals surface area contributed by atoms with Crippen molar-refractivity contribution in [2.75, 3.05) is 4.90 Å². The summed E-state index contributed by atoms with van der Waals surface area (Å²) in [7, 11) is 0. The van der Waals surface area contributed by atoms with E-state index in [-0.39, 0.29) is 11.7 Å². The van der Waals surface area contributed by atoms with Crippen LogP contribution in [-0.4, -0.2) is 21.1 Å². The maximum absolute atomic E-state index is 13.7. The van der Waals surface area contributed by atoms with Crippen molar-refractivity contribution in [1.29, 1.82) is 0 Å². The van der Waals surface area contributed by atoms with E-state index in [0.717, 1.165) is 11.3 Å². The van der Waals surface area contributed by atoms with Gasteiger partial charge >= 0.3 is 0 Å². The third kappa shape index (κ3) is 3.11. The molecule has 144 valence electrons. The van der Waals surface area contributed by atoms with Gasteiger partial charge in [0.15, 0.2) is 5.69 Å². The van der Waals surface area contributed by atoms with Gasteiger partial charge in [0.25, 0.3) is 5.91 Å². The lowest BCUT2D eigenvalue weighted by Gasteiger charge is -2.27. The second kappa shape index (κ2) is 7.09. The molecule has 1 amide bonds. The molecular weight excluding hydrogens is 430 g/mol. The number of carbonyl (C=O) groups excluding carboxylic acids is 1. The lowest BCUT2D eigenvalue weighted by Crippen LogP contribution is -2.30. The van der Waals surface area contributed by atoms with Crippen molar-refractivity contribution in [2.24, 2.45) is 5.92 Å². The first-order valence-corrected chi connectivity index (χ1v) is 9.63. The lowest BCUT2D eigenvalue weighted by molar-refractivity contribution is 0.0988. The molecule has 3 aromatic rings. The lowest BCUT2D eigenvalue weighted by atomic mass is 9.95. The van der Waals surface area contributed by atoms with Crippen LogP contribution >= 0.6 is 15.9 Å². The van der Waals surface area contributed by atoms with Gasteiger partial charge in [-0.3, -0.25) is 14.8 Å². The van der Waals surface area contributed by atoms with Gasteiger partial charge in [-0.2, -0.15) is 9.49 Å². The van der Waals surface area contributed by atoms with Crippen LogP contribution in [0.4, 0.5) is 14.5 Å². The summed E-state index contributed by atoms with van der Waals surface area (Å²) in [6.07, 6.45) is 2.02. The van der Waals surface area contributed by atoms with Crippen LogP contribution < -0.4 is 4.90 Å². The summed E-state index contributed by atoms with van der Waals surface area (Å²) < 4.78 is 27.5. The quantitative estimate of drug-likeness (QED) is 0.585.